The normalized spacial score (nSPS) is 19.2. The molecule has 17 heavy (non-hydrogen) atoms. The van der Waals surface area contributed by atoms with Gasteiger partial charge in [0.05, 0.1) is 0 Å². The van der Waals surface area contributed by atoms with Crippen LogP contribution >= 0.6 is 11.8 Å². The van der Waals surface area contributed by atoms with Crippen molar-refractivity contribution >= 4 is 11.8 Å². The summed E-state index contributed by atoms with van der Waals surface area (Å²) in [7, 11) is 0. The minimum atomic E-state index is -0.156. The van der Waals surface area contributed by atoms with Gasteiger partial charge in [0.2, 0.25) is 0 Å². The number of benzene rings is 1. The molecule has 2 rings (SSSR count). The first-order valence-corrected chi connectivity index (χ1v) is 6.84. The minimum Gasteiger partial charge on any atom is -0.381 e. The molecule has 94 valence electrons. The van der Waals surface area contributed by atoms with Crippen LogP contribution in [0.25, 0.3) is 0 Å². The monoisotopic (exact) mass is 255 g/mol. The molecule has 0 bridgehead atoms. The van der Waals surface area contributed by atoms with Crippen molar-refractivity contribution in [2.24, 2.45) is 5.73 Å². The summed E-state index contributed by atoms with van der Waals surface area (Å²) in [5, 5.41) is 0.472. The molecule has 1 unspecified atom stereocenters. The molecule has 0 spiro atoms. The minimum absolute atomic E-state index is 0.119. The van der Waals surface area contributed by atoms with Gasteiger partial charge in [0.1, 0.15) is 5.82 Å². The Morgan fingerprint density at radius 1 is 1.41 bits per heavy atom. The van der Waals surface area contributed by atoms with Gasteiger partial charge in [0.15, 0.2) is 0 Å². The molecule has 1 aromatic rings. The van der Waals surface area contributed by atoms with E-state index in [-0.39, 0.29) is 11.9 Å². The molecule has 0 saturated carbocycles. The molecule has 1 aliphatic rings. The second kappa shape index (κ2) is 5.85. The number of thioether (sulfide) groups is 1. The van der Waals surface area contributed by atoms with Gasteiger partial charge < -0.3 is 10.5 Å². The lowest BCUT2D eigenvalue weighted by Crippen LogP contribution is -2.17. The van der Waals surface area contributed by atoms with Crippen LogP contribution in [-0.2, 0) is 4.74 Å². The summed E-state index contributed by atoms with van der Waals surface area (Å²) in [6.07, 6.45) is 2.00. The maximum atomic E-state index is 13.9. The highest BCUT2D eigenvalue weighted by molar-refractivity contribution is 8.00. The van der Waals surface area contributed by atoms with Crippen LogP contribution < -0.4 is 5.73 Å². The average Bonchev–Trinajstić information content (AvgIpc) is 2.33. The zero-order chi connectivity index (χ0) is 12.3. The van der Waals surface area contributed by atoms with Crippen molar-refractivity contribution < 1.29 is 9.13 Å². The van der Waals surface area contributed by atoms with Crippen molar-refractivity contribution in [1.82, 2.24) is 0 Å². The third kappa shape index (κ3) is 3.44. The Balaban J connectivity index is 2.05. The lowest BCUT2D eigenvalue weighted by atomic mass is 10.1. The molecule has 4 heteroatoms. The molecular weight excluding hydrogens is 237 g/mol. The van der Waals surface area contributed by atoms with E-state index in [1.54, 1.807) is 17.8 Å². The lowest BCUT2D eigenvalue weighted by molar-refractivity contribution is 0.1000. The van der Waals surface area contributed by atoms with E-state index >= 15 is 0 Å². The number of nitrogens with two attached hydrogens (primary N) is 1. The fraction of sp³-hybridized carbons (Fsp3) is 0.538. The van der Waals surface area contributed by atoms with Crippen LogP contribution in [0.3, 0.4) is 0 Å². The molecule has 1 atom stereocenters. The molecule has 1 saturated heterocycles. The molecule has 0 aliphatic carbocycles. The first kappa shape index (κ1) is 12.9. The zero-order valence-corrected chi connectivity index (χ0v) is 10.8. The Bertz CT molecular complexity index is 378. The standard InChI is InChI=1S/C13H18FNOS/c1-9(15)10-2-3-13(12(14)8-10)17-11-4-6-16-7-5-11/h2-3,8-9,11H,4-7,15H2,1H3. The Morgan fingerprint density at radius 3 is 2.71 bits per heavy atom. The highest BCUT2D eigenvalue weighted by Crippen LogP contribution is 2.32. The van der Waals surface area contributed by atoms with E-state index in [2.05, 4.69) is 0 Å². The lowest BCUT2D eigenvalue weighted by Gasteiger charge is -2.21. The highest BCUT2D eigenvalue weighted by atomic mass is 32.2. The SMILES string of the molecule is CC(N)c1ccc(SC2CCOCC2)c(F)c1. The van der Waals surface area contributed by atoms with Gasteiger partial charge in [-0.05, 0) is 37.5 Å². The second-order valence-electron chi connectivity index (χ2n) is 4.41. The van der Waals surface area contributed by atoms with Gasteiger partial charge in [-0.2, -0.15) is 0 Å². The van der Waals surface area contributed by atoms with Crippen molar-refractivity contribution in [2.45, 2.75) is 36.0 Å². The van der Waals surface area contributed by atoms with Gasteiger partial charge in [-0.1, -0.05) is 6.07 Å². The summed E-state index contributed by atoms with van der Waals surface area (Å²) in [5.41, 5.74) is 6.57. The smallest absolute Gasteiger partial charge is 0.137 e. The first-order valence-electron chi connectivity index (χ1n) is 5.96. The summed E-state index contributed by atoms with van der Waals surface area (Å²) < 4.78 is 19.2. The van der Waals surface area contributed by atoms with Crippen molar-refractivity contribution in [2.75, 3.05) is 13.2 Å². The van der Waals surface area contributed by atoms with Gasteiger partial charge in [0, 0.05) is 29.4 Å². The number of hydrogen-bond acceptors (Lipinski definition) is 3. The van der Waals surface area contributed by atoms with Crippen LogP contribution in [0.15, 0.2) is 23.1 Å². The van der Waals surface area contributed by atoms with Crippen LogP contribution in [0, 0.1) is 5.82 Å². The van der Waals surface area contributed by atoms with E-state index in [0.29, 0.717) is 5.25 Å². The van der Waals surface area contributed by atoms with Crippen molar-refractivity contribution in [3.05, 3.63) is 29.6 Å². The predicted octanol–water partition coefficient (Wildman–Crippen LogP) is 3.12. The Morgan fingerprint density at radius 2 is 2.12 bits per heavy atom. The molecule has 1 heterocycles. The Hall–Kier alpha value is -0.580. The molecule has 2 N–H and O–H groups in total. The Kier molecular flexibility index (Phi) is 4.42. The van der Waals surface area contributed by atoms with Crippen LogP contribution in [0.1, 0.15) is 31.4 Å². The third-order valence-corrected chi connectivity index (χ3v) is 4.33. The number of halogens is 1. The summed E-state index contributed by atoms with van der Waals surface area (Å²) >= 11 is 1.62. The third-order valence-electron chi connectivity index (χ3n) is 2.94. The maximum Gasteiger partial charge on any atom is 0.137 e. The number of rotatable bonds is 3. The van der Waals surface area contributed by atoms with Gasteiger partial charge in [-0.25, -0.2) is 4.39 Å². The van der Waals surface area contributed by atoms with Crippen molar-refractivity contribution in [3.63, 3.8) is 0 Å². The summed E-state index contributed by atoms with van der Waals surface area (Å²) in [4.78, 5) is 0.723. The Labute approximate surface area is 106 Å². The summed E-state index contributed by atoms with van der Waals surface area (Å²) in [5.74, 6) is -0.156. The van der Waals surface area contributed by atoms with E-state index in [4.69, 9.17) is 10.5 Å². The van der Waals surface area contributed by atoms with Crippen LogP contribution in [0.5, 0.6) is 0 Å². The predicted molar refractivity (Wildman–Crippen MR) is 68.7 cm³/mol. The summed E-state index contributed by atoms with van der Waals surface area (Å²) in [6, 6.07) is 5.18. The topological polar surface area (TPSA) is 35.2 Å². The van der Waals surface area contributed by atoms with E-state index in [0.717, 1.165) is 36.5 Å². The van der Waals surface area contributed by atoms with Crippen LogP contribution in [-0.4, -0.2) is 18.5 Å². The second-order valence-corrected chi connectivity index (χ2v) is 5.75. The van der Waals surface area contributed by atoms with Crippen LogP contribution in [0.4, 0.5) is 4.39 Å². The van der Waals surface area contributed by atoms with E-state index in [1.165, 1.54) is 0 Å². The molecule has 0 aromatic heterocycles. The van der Waals surface area contributed by atoms with Crippen molar-refractivity contribution in [1.29, 1.82) is 0 Å². The van der Waals surface area contributed by atoms with Crippen LogP contribution in [0.2, 0.25) is 0 Å². The van der Waals surface area contributed by atoms with E-state index < -0.39 is 0 Å². The van der Waals surface area contributed by atoms with Gasteiger partial charge in [0.25, 0.3) is 0 Å². The van der Waals surface area contributed by atoms with Crippen molar-refractivity contribution in [3.8, 4) is 0 Å². The van der Waals surface area contributed by atoms with Gasteiger partial charge >= 0.3 is 0 Å². The highest BCUT2D eigenvalue weighted by Gasteiger charge is 2.17. The molecular formula is C13H18FNOS. The number of hydrogen-bond donors (Lipinski definition) is 1. The number of ether oxygens (including phenoxy) is 1. The summed E-state index contributed by atoms with van der Waals surface area (Å²) in [6.45, 7) is 3.44. The maximum absolute atomic E-state index is 13.9. The zero-order valence-electron chi connectivity index (χ0n) is 9.99. The van der Waals surface area contributed by atoms with Gasteiger partial charge in [-0.15, -0.1) is 11.8 Å². The fourth-order valence-electron chi connectivity index (χ4n) is 1.87. The first-order chi connectivity index (χ1) is 8.16. The molecule has 0 amide bonds. The van der Waals surface area contributed by atoms with E-state index in [1.807, 2.05) is 19.1 Å². The quantitative estimate of drug-likeness (QED) is 0.901. The molecule has 2 nitrogen and oxygen atoms in total. The largest absolute Gasteiger partial charge is 0.381 e. The van der Waals surface area contributed by atoms with E-state index in [9.17, 15) is 4.39 Å². The molecule has 1 fully saturated rings. The molecule has 1 aromatic carbocycles. The average molecular weight is 255 g/mol. The van der Waals surface area contributed by atoms with Gasteiger partial charge in [-0.3, -0.25) is 0 Å². The molecule has 1 aliphatic heterocycles. The fourth-order valence-corrected chi connectivity index (χ4v) is 2.97. The molecule has 0 radical (unpaired) electrons.